The Balaban J connectivity index is 3.12. The molecule has 0 atom stereocenters. The first-order valence-electron chi connectivity index (χ1n) is 9.59. The number of unbranched alkanes of at least 4 members (excludes halogenated alkanes) is 14. The summed E-state index contributed by atoms with van der Waals surface area (Å²) in [6.45, 7) is 2.25. The van der Waals surface area contributed by atoms with Crippen LogP contribution in [0, 0.1) is 0 Å². The molecule has 0 aromatic rings. The van der Waals surface area contributed by atoms with E-state index in [0.29, 0.717) is 6.42 Å². The average molecular weight is 349 g/mol. The molecule has 0 amide bonds. The highest BCUT2D eigenvalue weighted by Crippen LogP contribution is 2.46. The fourth-order valence-corrected chi connectivity index (χ4v) is 3.26. The molecule has 5 heteroatoms. The van der Waals surface area contributed by atoms with Gasteiger partial charge in [0.25, 0.3) is 0 Å². The molecule has 0 saturated carbocycles. The normalized spacial score (nSPS) is 11.8. The lowest BCUT2D eigenvalue weighted by atomic mass is 10.0. The van der Waals surface area contributed by atoms with Gasteiger partial charge in [-0.2, -0.15) is 14.7 Å². The molecule has 0 fully saturated rings. The first-order chi connectivity index (χ1) is 11.0. The zero-order valence-electron chi connectivity index (χ0n) is 15.0. The van der Waals surface area contributed by atoms with Crippen LogP contribution in [0.25, 0.3) is 0 Å². The molecule has 0 aliphatic carbocycles. The smallest absolute Gasteiger partial charge is 0.244 e. The van der Waals surface area contributed by atoms with E-state index >= 15 is 0 Å². The Morgan fingerprint density at radius 2 is 0.913 bits per heavy atom. The maximum Gasteiger partial charge on any atom is 0.478 e. The maximum atomic E-state index is 11.1. The van der Waals surface area contributed by atoms with Gasteiger partial charge in [-0.1, -0.05) is 96.8 Å². The van der Waals surface area contributed by atoms with Crippen molar-refractivity contribution in [1.29, 1.82) is 0 Å². The quantitative estimate of drug-likeness (QED) is 0.239. The molecule has 23 heavy (non-hydrogen) atoms. The minimum Gasteiger partial charge on any atom is -0.244 e. The van der Waals surface area contributed by atoms with Gasteiger partial charge in [-0.15, -0.1) is 0 Å². The predicted molar refractivity (Wildman–Crippen MR) is 98.1 cm³/mol. The van der Waals surface area contributed by atoms with Crippen molar-refractivity contribution in [3.8, 4) is 0 Å². The highest BCUT2D eigenvalue weighted by molar-refractivity contribution is 7.76. The molecule has 0 heterocycles. The minimum atomic E-state index is -4.23. The van der Waals surface area contributed by atoms with Crippen LogP contribution in [0.3, 0.4) is 0 Å². The summed E-state index contributed by atoms with van der Waals surface area (Å²) < 4.78 is 0. The fraction of sp³-hybridized carbons (Fsp3) is 0.944. The van der Waals surface area contributed by atoms with E-state index in [1.165, 1.54) is 77.0 Å². The molecule has 138 valence electrons. The Morgan fingerprint density at radius 3 is 1.22 bits per heavy atom. The minimum absolute atomic E-state index is 0.0789. The van der Waals surface area contributed by atoms with E-state index < -0.39 is 13.5 Å². The van der Waals surface area contributed by atoms with Crippen molar-refractivity contribution in [1.82, 2.24) is 0 Å². The molecular weight excluding hydrogens is 311 g/mol. The second-order valence-electron chi connectivity index (χ2n) is 6.66. The van der Waals surface area contributed by atoms with Crippen molar-refractivity contribution >= 4 is 13.5 Å². The SMILES string of the molecule is CCCCCCCCCCCCCCCCCC(=O)[P+](O)(O)O. The van der Waals surface area contributed by atoms with Crippen LogP contribution >= 0.6 is 7.94 Å². The standard InChI is InChI=1S/C18H38O4P/c1-2-3-4-5-6-7-8-9-10-11-12-13-14-15-16-17-18(19)23(20,21)22/h20-22H,2-17H2,1H3/q+1. The molecule has 0 bridgehead atoms. The van der Waals surface area contributed by atoms with Crippen LogP contribution in [0.5, 0.6) is 0 Å². The zero-order valence-corrected chi connectivity index (χ0v) is 15.9. The Hall–Kier alpha value is -0.0200. The van der Waals surface area contributed by atoms with Crippen LogP contribution in [0.15, 0.2) is 0 Å². The summed E-state index contributed by atoms with van der Waals surface area (Å²) in [6, 6.07) is 0. The van der Waals surface area contributed by atoms with E-state index in [-0.39, 0.29) is 6.42 Å². The fourth-order valence-electron chi connectivity index (χ4n) is 2.80. The lowest BCUT2D eigenvalue weighted by molar-refractivity contribution is -0.114. The highest BCUT2D eigenvalue weighted by Gasteiger charge is 2.41. The molecule has 0 aromatic carbocycles. The van der Waals surface area contributed by atoms with Crippen molar-refractivity contribution in [2.75, 3.05) is 0 Å². The molecule has 0 aliphatic rings. The second kappa shape index (κ2) is 15.5. The van der Waals surface area contributed by atoms with Crippen LogP contribution in [-0.4, -0.2) is 20.2 Å². The molecule has 0 aromatic heterocycles. The van der Waals surface area contributed by atoms with E-state index in [2.05, 4.69) is 6.92 Å². The van der Waals surface area contributed by atoms with Crippen LogP contribution in [0.4, 0.5) is 0 Å². The van der Waals surface area contributed by atoms with Gasteiger partial charge in [-0.25, -0.2) is 4.79 Å². The Labute approximate surface area is 143 Å². The summed E-state index contributed by atoms with van der Waals surface area (Å²) in [5, 5.41) is 0. The van der Waals surface area contributed by atoms with Gasteiger partial charge in [-0.05, 0) is 6.42 Å². The third-order valence-corrected chi connectivity index (χ3v) is 5.22. The van der Waals surface area contributed by atoms with Crippen molar-refractivity contribution < 1.29 is 19.5 Å². The van der Waals surface area contributed by atoms with Crippen molar-refractivity contribution in [2.45, 2.75) is 110 Å². The second-order valence-corrected chi connectivity index (χ2v) is 8.30. The molecule has 4 nitrogen and oxygen atoms in total. The van der Waals surface area contributed by atoms with E-state index in [1.807, 2.05) is 0 Å². The highest BCUT2D eigenvalue weighted by atomic mass is 31.2. The van der Waals surface area contributed by atoms with Crippen LogP contribution < -0.4 is 0 Å². The van der Waals surface area contributed by atoms with Gasteiger partial charge in [0.1, 0.15) is 0 Å². The number of rotatable bonds is 17. The predicted octanol–water partition coefficient (Wildman–Crippen LogP) is 5.51. The van der Waals surface area contributed by atoms with E-state index in [1.54, 1.807) is 0 Å². The Bertz CT molecular complexity index is 277. The van der Waals surface area contributed by atoms with Gasteiger partial charge >= 0.3 is 13.5 Å². The molecule has 0 unspecified atom stereocenters. The van der Waals surface area contributed by atoms with Crippen molar-refractivity contribution in [3.63, 3.8) is 0 Å². The molecule has 3 N–H and O–H groups in total. The largest absolute Gasteiger partial charge is 0.478 e. The van der Waals surface area contributed by atoms with Crippen LogP contribution in [0.1, 0.15) is 110 Å². The van der Waals surface area contributed by atoms with Crippen molar-refractivity contribution in [2.24, 2.45) is 0 Å². The van der Waals surface area contributed by atoms with Gasteiger partial charge in [0, 0.05) is 0 Å². The summed E-state index contributed by atoms with van der Waals surface area (Å²) in [5.74, 6) is 0. The summed E-state index contributed by atoms with van der Waals surface area (Å²) in [6.07, 6.45) is 18.8. The topological polar surface area (TPSA) is 77.8 Å². The van der Waals surface area contributed by atoms with Gasteiger partial charge < -0.3 is 0 Å². The summed E-state index contributed by atoms with van der Waals surface area (Å²) in [4.78, 5) is 37.4. The monoisotopic (exact) mass is 349 g/mol. The first-order valence-corrected chi connectivity index (χ1v) is 11.2. The third-order valence-electron chi connectivity index (χ3n) is 4.33. The zero-order chi connectivity index (χ0) is 17.4. The number of hydrogen-bond acceptors (Lipinski definition) is 4. The summed E-state index contributed by atoms with van der Waals surface area (Å²) in [7, 11) is -4.23. The van der Waals surface area contributed by atoms with Gasteiger partial charge in [0.15, 0.2) is 0 Å². The van der Waals surface area contributed by atoms with Crippen LogP contribution in [0.2, 0.25) is 0 Å². The third kappa shape index (κ3) is 16.6. The average Bonchev–Trinajstić information content (AvgIpc) is 2.50. The van der Waals surface area contributed by atoms with E-state index in [4.69, 9.17) is 14.7 Å². The Morgan fingerprint density at radius 1 is 0.609 bits per heavy atom. The summed E-state index contributed by atoms with van der Waals surface area (Å²) in [5.41, 5.74) is -0.799. The first kappa shape index (κ1) is 23.0. The number of hydrogen-bond donors (Lipinski definition) is 3. The number of carbonyl (C=O) groups is 1. The molecule has 0 radical (unpaired) electrons. The van der Waals surface area contributed by atoms with Gasteiger partial charge in [0.2, 0.25) is 0 Å². The van der Waals surface area contributed by atoms with Crippen LogP contribution in [-0.2, 0) is 4.79 Å². The Kier molecular flexibility index (Phi) is 15.5. The lowest BCUT2D eigenvalue weighted by Crippen LogP contribution is -2.04. The molecule has 0 rings (SSSR count). The summed E-state index contributed by atoms with van der Waals surface area (Å²) >= 11 is 0. The number of carbonyl (C=O) groups excluding carboxylic acids is 1. The molecule has 0 aliphatic heterocycles. The molecule has 0 saturated heterocycles. The van der Waals surface area contributed by atoms with E-state index in [9.17, 15) is 4.79 Å². The van der Waals surface area contributed by atoms with E-state index in [0.717, 1.165) is 12.8 Å². The lowest BCUT2D eigenvalue weighted by Gasteiger charge is -2.03. The van der Waals surface area contributed by atoms with Gasteiger partial charge in [0.05, 0.1) is 6.42 Å². The van der Waals surface area contributed by atoms with Gasteiger partial charge in [-0.3, -0.25) is 0 Å². The maximum absolute atomic E-state index is 11.1. The molecular formula is C18H38O4P+. The molecule has 0 spiro atoms. The van der Waals surface area contributed by atoms with Crippen molar-refractivity contribution in [3.05, 3.63) is 0 Å².